The SMILES string of the molecule is CC1=C\C[C@@H]2[C@H](C(C)C)CC[C@@]2(C)C/C=C(\C)CC/C=C(\C)C\C=C\1. The van der Waals surface area contributed by atoms with Crippen LogP contribution in [0.4, 0.5) is 0 Å². The Labute approximate surface area is 157 Å². The maximum atomic E-state index is 2.56. The highest BCUT2D eigenvalue weighted by molar-refractivity contribution is 5.19. The quantitative estimate of drug-likeness (QED) is 0.424. The van der Waals surface area contributed by atoms with Gasteiger partial charge in [-0.05, 0) is 88.9 Å². The predicted molar refractivity (Wildman–Crippen MR) is 113 cm³/mol. The van der Waals surface area contributed by atoms with Crippen molar-refractivity contribution in [2.45, 2.75) is 86.5 Å². The molecule has 0 unspecified atom stereocenters. The Morgan fingerprint density at radius 3 is 2.52 bits per heavy atom. The molecule has 0 aromatic carbocycles. The molecule has 0 saturated heterocycles. The second-order valence-electron chi connectivity index (χ2n) is 9.34. The van der Waals surface area contributed by atoms with Gasteiger partial charge >= 0.3 is 0 Å². The molecular weight excluding hydrogens is 300 g/mol. The molecule has 3 atom stereocenters. The molecule has 0 spiro atoms. The zero-order valence-corrected chi connectivity index (χ0v) is 17.6. The molecule has 0 amide bonds. The second-order valence-corrected chi connectivity index (χ2v) is 9.34. The van der Waals surface area contributed by atoms with E-state index in [1.54, 1.807) is 5.57 Å². The molecule has 0 aromatic rings. The van der Waals surface area contributed by atoms with Crippen LogP contribution in [-0.4, -0.2) is 0 Å². The minimum absolute atomic E-state index is 0.475. The fraction of sp³-hybridized carbons (Fsp3) is 0.680. The lowest BCUT2D eigenvalue weighted by Crippen LogP contribution is -2.27. The number of fused-ring (bicyclic) bond motifs is 1. The summed E-state index contributed by atoms with van der Waals surface area (Å²) in [5.41, 5.74) is 4.98. The van der Waals surface area contributed by atoms with Gasteiger partial charge < -0.3 is 0 Å². The van der Waals surface area contributed by atoms with Gasteiger partial charge in [-0.25, -0.2) is 0 Å². The van der Waals surface area contributed by atoms with Gasteiger partial charge in [-0.2, -0.15) is 0 Å². The summed E-state index contributed by atoms with van der Waals surface area (Å²) in [4.78, 5) is 0. The molecule has 0 heteroatoms. The van der Waals surface area contributed by atoms with E-state index in [0.29, 0.717) is 5.41 Å². The van der Waals surface area contributed by atoms with Crippen molar-refractivity contribution in [3.8, 4) is 0 Å². The first-order valence-corrected chi connectivity index (χ1v) is 10.5. The number of allylic oxidation sites excluding steroid dienone is 8. The second kappa shape index (κ2) is 9.06. The van der Waals surface area contributed by atoms with E-state index in [0.717, 1.165) is 24.2 Å². The number of hydrogen-bond donors (Lipinski definition) is 0. The Bertz CT molecular complexity index is 555. The van der Waals surface area contributed by atoms with Gasteiger partial charge in [-0.3, -0.25) is 0 Å². The lowest BCUT2D eigenvalue weighted by molar-refractivity contribution is 0.170. The standard InChI is InChI=1S/C25H40/c1-19(2)23-16-18-25(6)17-15-22(5)12-8-10-20(3)9-7-11-21(4)13-14-24(23)25/h7,10-11,13,15,19,23-24H,8-9,12,14,16-18H2,1-6H3/b11-7+,20-10+,21-13+,22-15+/t23-,24+,25+/m0/s1. The van der Waals surface area contributed by atoms with Crippen LogP contribution in [0.1, 0.15) is 86.5 Å². The highest BCUT2D eigenvalue weighted by atomic mass is 14.5. The average Bonchev–Trinajstić information content (AvgIpc) is 2.87. The van der Waals surface area contributed by atoms with Gasteiger partial charge in [0.1, 0.15) is 0 Å². The Kier molecular flexibility index (Phi) is 7.35. The van der Waals surface area contributed by atoms with Gasteiger partial charge in [0, 0.05) is 0 Å². The van der Waals surface area contributed by atoms with E-state index in [9.17, 15) is 0 Å². The molecule has 1 saturated carbocycles. The van der Waals surface area contributed by atoms with E-state index in [1.807, 2.05) is 0 Å². The summed E-state index contributed by atoms with van der Waals surface area (Å²) >= 11 is 0. The average molecular weight is 341 g/mol. The molecule has 0 nitrogen and oxygen atoms in total. The van der Waals surface area contributed by atoms with Crippen molar-refractivity contribution in [1.82, 2.24) is 0 Å². The van der Waals surface area contributed by atoms with Crippen molar-refractivity contribution in [2.24, 2.45) is 23.2 Å². The molecule has 2 aliphatic carbocycles. The summed E-state index contributed by atoms with van der Waals surface area (Å²) < 4.78 is 0. The molecule has 1 fully saturated rings. The van der Waals surface area contributed by atoms with Crippen molar-refractivity contribution in [3.63, 3.8) is 0 Å². The molecule has 0 heterocycles. The number of hydrogen-bond acceptors (Lipinski definition) is 0. The first-order chi connectivity index (χ1) is 11.8. The lowest BCUT2D eigenvalue weighted by Gasteiger charge is -2.35. The first kappa shape index (κ1) is 20.3. The molecule has 0 N–H and O–H groups in total. The fourth-order valence-electron chi connectivity index (χ4n) is 4.86. The third-order valence-corrected chi connectivity index (χ3v) is 6.78. The molecule has 25 heavy (non-hydrogen) atoms. The number of rotatable bonds is 1. The van der Waals surface area contributed by atoms with Crippen molar-refractivity contribution in [1.29, 1.82) is 0 Å². The lowest BCUT2D eigenvalue weighted by atomic mass is 9.70. The van der Waals surface area contributed by atoms with Crippen LogP contribution in [0.2, 0.25) is 0 Å². The minimum Gasteiger partial charge on any atom is -0.0850 e. The van der Waals surface area contributed by atoms with Gasteiger partial charge in [0.15, 0.2) is 0 Å². The Hall–Kier alpha value is -1.04. The Balaban J connectivity index is 2.28. The van der Waals surface area contributed by atoms with E-state index in [-0.39, 0.29) is 0 Å². The maximum Gasteiger partial charge on any atom is -0.0138 e. The van der Waals surface area contributed by atoms with Crippen molar-refractivity contribution >= 4 is 0 Å². The smallest absolute Gasteiger partial charge is 0.0138 e. The topological polar surface area (TPSA) is 0 Å². The van der Waals surface area contributed by atoms with Crippen LogP contribution in [-0.2, 0) is 0 Å². The van der Waals surface area contributed by atoms with Crippen LogP contribution in [0, 0.1) is 23.2 Å². The van der Waals surface area contributed by atoms with Crippen molar-refractivity contribution in [3.05, 3.63) is 47.1 Å². The fourth-order valence-corrected chi connectivity index (χ4v) is 4.86. The highest BCUT2D eigenvalue weighted by Gasteiger charge is 2.44. The molecule has 2 aliphatic rings. The van der Waals surface area contributed by atoms with Crippen LogP contribution in [0.15, 0.2) is 47.1 Å². The van der Waals surface area contributed by atoms with E-state index < -0.39 is 0 Å². The van der Waals surface area contributed by atoms with Crippen LogP contribution in [0.5, 0.6) is 0 Å². The Morgan fingerprint density at radius 2 is 1.80 bits per heavy atom. The highest BCUT2D eigenvalue weighted by Crippen LogP contribution is 2.53. The predicted octanol–water partition coefficient (Wildman–Crippen LogP) is 8.03. The van der Waals surface area contributed by atoms with Gasteiger partial charge in [0.05, 0.1) is 0 Å². The van der Waals surface area contributed by atoms with Crippen LogP contribution in [0.3, 0.4) is 0 Å². The van der Waals surface area contributed by atoms with Gasteiger partial charge in [0.25, 0.3) is 0 Å². The van der Waals surface area contributed by atoms with E-state index in [2.05, 4.69) is 71.9 Å². The zero-order valence-electron chi connectivity index (χ0n) is 17.6. The van der Waals surface area contributed by atoms with Gasteiger partial charge in [-0.15, -0.1) is 0 Å². The van der Waals surface area contributed by atoms with E-state index >= 15 is 0 Å². The van der Waals surface area contributed by atoms with E-state index in [1.165, 1.54) is 49.7 Å². The summed E-state index contributed by atoms with van der Waals surface area (Å²) in [5, 5.41) is 0. The summed E-state index contributed by atoms with van der Waals surface area (Å²) in [6.45, 7) is 14.3. The summed E-state index contributed by atoms with van der Waals surface area (Å²) in [5.74, 6) is 2.51. The van der Waals surface area contributed by atoms with E-state index in [4.69, 9.17) is 0 Å². The molecule has 0 aliphatic heterocycles. The molecule has 2 rings (SSSR count). The van der Waals surface area contributed by atoms with Crippen LogP contribution >= 0.6 is 0 Å². The van der Waals surface area contributed by atoms with Crippen LogP contribution in [0.25, 0.3) is 0 Å². The monoisotopic (exact) mass is 340 g/mol. The van der Waals surface area contributed by atoms with Gasteiger partial charge in [0.2, 0.25) is 0 Å². The molecular formula is C25H40. The summed E-state index contributed by atoms with van der Waals surface area (Å²) in [6, 6.07) is 0. The van der Waals surface area contributed by atoms with Crippen LogP contribution < -0.4 is 0 Å². The normalized spacial score (nSPS) is 39.9. The minimum atomic E-state index is 0.475. The summed E-state index contributed by atoms with van der Waals surface area (Å²) in [6.07, 6.45) is 21.0. The zero-order chi connectivity index (χ0) is 18.4. The molecule has 0 radical (unpaired) electrons. The van der Waals surface area contributed by atoms with Crippen molar-refractivity contribution in [2.75, 3.05) is 0 Å². The third kappa shape index (κ3) is 5.73. The van der Waals surface area contributed by atoms with Gasteiger partial charge in [-0.1, -0.05) is 67.9 Å². The third-order valence-electron chi connectivity index (χ3n) is 6.78. The Morgan fingerprint density at radius 1 is 1.04 bits per heavy atom. The van der Waals surface area contributed by atoms with Crippen molar-refractivity contribution < 1.29 is 0 Å². The first-order valence-electron chi connectivity index (χ1n) is 10.5. The molecule has 140 valence electrons. The largest absolute Gasteiger partial charge is 0.0850 e. The molecule has 0 aromatic heterocycles. The molecule has 0 bridgehead atoms. The maximum absolute atomic E-state index is 2.56. The summed E-state index contributed by atoms with van der Waals surface area (Å²) in [7, 11) is 0.